The Labute approximate surface area is 190 Å². The molecule has 0 saturated carbocycles. The predicted molar refractivity (Wildman–Crippen MR) is 124 cm³/mol. The van der Waals surface area contributed by atoms with Crippen molar-refractivity contribution in [3.63, 3.8) is 0 Å². The zero-order chi connectivity index (χ0) is 21.8. The molecule has 2 amide bonds. The number of halogens is 1. The molecule has 3 aromatic rings. The van der Waals surface area contributed by atoms with Crippen molar-refractivity contribution in [2.45, 2.75) is 26.4 Å². The van der Waals surface area contributed by atoms with Crippen LogP contribution in [-0.2, 0) is 24.3 Å². The van der Waals surface area contributed by atoms with Crippen molar-refractivity contribution in [3.8, 4) is 0 Å². The molecule has 0 saturated heterocycles. The molecule has 5 nitrogen and oxygen atoms in total. The number of pyridine rings is 1. The molecule has 3 heterocycles. The number of benzene rings is 1. The Morgan fingerprint density at radius 1 is 1.26 bits per heavy atom. The number of thiophene rings is 1. The van der Waals surface area contributed by atoms with Crippen LogP contribution in [0.2, 0.25) is 5.02 Å². The molecule has 0 aliphatic carbocycles. The fourth-order valence-electron chi connectivity index (χ4n) is 3.66. The number of aryl methyl sites for hydroxylation is 1. The first-order valence-electron chi connectivity index (χ1n) is 10.0. The first-order valence-corrected chi connectivity index (χ1v) is 11.3. The second-order valence-electron chi connectivity index (χ2n) is 7.42. The molecule has 1 aliphatic rings. The molecule has 31 heavy (non-hydrogen) atoms. The molecule has 4 rings (SSSR count). The number of amides is 2. The van der Waals surface area contributed by atoms with E-state index < -0.39 is 0 Å². The van der Waals surface area contributed by atoms with E-state index in [1.54, 1.807) is 24.3 Å². The van der Waals surface area contributed by atoms with Crippen molar-refractivity contribution in [1.82, 2.24) is 15.2 Å². The molecule has 2 aromatic heterocycles. The maximum atomic E-state index is 12.7. The van der Waals surface area contributed by atoms with E-state index in [1.807, 2.05) is 47.0 Å². The molecule has 0 radical (unpaired) electrons. The van der Waals surface area contributed by atoms with Gasteiger partial charge in [-0.1, -0.05) is 23.7 Å². The maximum Gasteiger partial charge on any atom is 0.252 e. The maximum absolute atomic E-state index is 12.7. The summed E-state index contributed by atoms with van der Waals surface area (Å²) in [7, 11) is 0. The van der Waals surface area contributed by atoms with Gasteiger partial charge in [-0.25, -0.2) is 0 Å². The Morgan fingerprint density at radius 3 is 2.81 bits per heavy atom. The van der Waals surface area contributed by atoms with E-state index >= 15 is 0 Å². The molecule has 1 N–H and O–H groups in total. The van der Waals surface area contributed by atoms with Gasteiger partial charge in [-0.2, -0.15) is 11.3 Å². The fourth-order valence-corrected chi connectivity index (χ4v) is 4.42. The van der Waals surface area contributed by atoms with Crippen LogP contribution in [-0.4, -0.2) is 28.2 Å². The van der Waals surface area contributed by atoms with Crippen LogP contribution in [0.5, 0.6) is 0 Å². The van der Waals surface area contributed by atoms with Crippen molar-refractivity contribution in [1.29, 1.82) is 0 Å². The second kappa shape index (κ2) is 9.45. The number of carbonyl (C=O) groups is 2. The van der Waals surface area contributed by atoms with Gasteiger partial charge in [0.1, 0.15) is 0 Å². The summed E-state index contributed by atoms with van der Waals surface area (Å²) < 4.78 is 0. The summed E-state index contributed by atoms with van der Waals surface area (Å²) in [6, 6.07) is 9.17. The van der Waals surface area contributed by atoms with Gasteiger partial charge in [-0.15, -0.1) is 0 Å². The Kier molecular flexibility index (Phi) is 6.49. The molecule has 1 aromatic carbocycles. The molecule has 0 fully saturated rings. The Balaban J connectivity index is 1.44. The Morgan fingerprint density at radius 2 is 2.06 bits per heavy atom. The van der Waals surface area contributed by atoms with Crippen molar-refractivity contribution < 1.29 is 9.59 Å². The number of hydrogen-bond donors (Lipinski definition) is 1. The predicted octanol–water partition coefficient (Wildman–Crippen LogP) is 4.63. The van der Waals surface area contributed by atoms with Crippen LogP contribution >= 0.6 is 22.9 Å². The third-order valence-corrected chi connectivity index (χ3v) is 6.34. The van der Waals surface area contributed by atoms with Gasteiger partial charge in [0.05, 0.1) is 0 Å². The number of nitrogens with one attached hydrogen (secondary N) is 1. The van der Waals surface area contributed by atoms with Gasteiger partial charge < -0.3 is 10.2 Å². The second-order valence-corrected chi connectivity index (χ2v) is 8.63. The van der Waals surface area contributed by atoms with Crippen molar-refractivity contribution in [3.05, 3.63) is 91.9 Å². The number of carbonyl (C=O) groups excluding carboxylic acids is 2. The van der Waals surface area contributed by atoms with Gasteiger partial charge in [0, 0.05) is 53.6 Å². The summed E-state index contributed by atoms with van der Waals surface area (Å²) in [5.74, 6) is -0.119. The number of aromatic nitrogens is 1. The SMILES string of the molecule is Cc1ncc2c(c1CNC(=O)c1ccsc1)CCN(C(=O)C=Cc1ccc(Cl)cc1)C2. The van der Waals surface area contributed by atoms with Gasteiger partial charge in [-0.05, 0) is 65.3 Å². The highest BCUT2D eigenvalue weighted by molar-refractivity contribution is 7.08. The van der Waals surface area contributed by atoms with E-state index in [0.717, 1.165) is 28.8 Å². The van der Waals surface area contributed by atoms with Crippen molar-refractivity contribution in [2.75, 3.05) is 6.54 Å². The summed E-state index contributed by atoms with van der Waals surface area (Å²) in [6.07, 6.45) is 5.98. The molecular formula is C24H22ClN3O2S. The van der Waals surface area contributed by atoms with Gasteiger partial charge in [0.25, 0.3) is 5.91 Å². The van der Waals surface area contributed by atoms with Crippen LogP contribution in [0.15, 0.2) is 53.4 Å². The number of nitrogens with zero attached hydrogens (tertiary/aromatic N) is 2. The minimum Gasteiger partial charge on any atom is -0.348 e. The van der Waals surface area contributed by atoms with Gasteiger partial charge in [0.2, 0.25) is 5.91 Å². The molecule has 7 heteroatoms. The normalized spacial score (nSPS) is 13.3. The zero-order valence-corrected chi connectivity index (χ0v) is 18.7. The average Bonchev–Trinajstić information content (AvgIpc) is 3.32. The topological polar surface area (TPSA) is 62.3 Å². The van der Waals surface area contributed by atoms with E-state index in [1.165, 1.54) is 16.9 Å². The van der Waals surface area contributed by atoms with E-state index in [-0.39, 0.29) is 11.8 Å². The summed E-state index contributed by atoms with van der Waals surface area (Å²) in [6.45, 7) is 3.53. The summed E-state index contributed by atoms with van der Waals surface area (Å²) in [4.78, 5) is 31.3. The number of fused-ring (bicyclic) bond motifs is 1. The van der Waals surface area contributed by atoms with Crippen LogP contribution in [0, 0.1) is 6.92 Å². The zero-order valence-electron chi connectivity index (χ0n) is 17.1. The Hall–Kier alpha value is -2.96. The van der Waals surface area contributed by atoms with Gasteiger partial charge in [-0.3, -0.25) is 14.6 Å². The first-order chi connectivity index (χ1) is 15.0. The average molecular weight is 452 g/mol. The van der Waals surface area contributed by atoms with Crippen LogP contribution < -0.4 is 5.32 Å². The summed E-state index contributed by atoms with van der Waals surface area (Å²) in [5.41, 5.74) is 5.77. The third-order valence-electron chi connectivity index (χ3n) is 5.40. The lowest BCUT2D eigenvalue weighted by atomic mass is 9.94. The lowest BCUT2D eigenvalue weighted by Gasteiger charge is -2.30. The molecule has 158 valence electrons. The molecule has 1 aliphatic heterocycles. The number of rotatable bonds is 5. The van der Waals surface area contributed by atoms with E-state index in [0.29, 0.717) is 30.2 Å². The fraction of sp³-hybridized carbons (Fsp3) is 0.208. The minimum absolute atomic E-state index is 0.0338. The van der Waals surface area contributed by atoms with Crippen LogP contribution in [0.1, 0.15) is 38.3 Å². The molecular weight excluding hydrogens is 430 g/mol. The highest BCUT2D eigenvalue weighted by atomic mass is 35.5. The van der Waals surface area contributed by atoms with E-state index in [9.17, 15) is 9.59 Å². The third kappa shape index (κ3) is 5.03. The Bertz CT molecular complexity index is 1120. The highest BCUT2D eigenvalue weighted by Gasteiger charge is 2.23. The highest BCUT2D eigenvalue weighted by Crippen LogP contribution is 2.24. The van der Waals surface area contributed by atoms with Crippen molar-refractivity contribution in [2.24, 2.45) is 0 Å². The smallest absolute Gasteiger partial charge is 0.252 e. The molecule has 0 bridgehead atoms. The lowest BCUT2D eigenvalue weighted by Crippen LogP contribution is -2.36. The monoisotopic (exact) mass is 451 g/mol. The van der Waals surface area contributed by atoms with Gasteiger partial charge in [0.15, 0.2) is 0 Å². The summed E-state index contributed by atoms with van der Waals surface area (Å²) >= 11 is 7.41. The van der Waals surface area contributed by atoms with Gasteiger partial charge >= 0.3 is 0 Å². The summed E-state index contributed by atoms with van der Waals surface area (Å²) in [5, 5.41) is 7.39. The standard InChI is InChI=1S/C24H22ClN3O2S/c1-16-22(13-27-24(30)18-9-11-31-15-18)21-8-10-28(14-19(21)12-26-16)23(29)7-4-17-2-5-20(25)6-3-17/h2-7,9,11-12,15H,8,10,13-14H2,1H3,(H,27,30). The van der Waals surface area contributed by atoms with Crippen LogP contribution in [0.4, 0.5) is 0 Å². The first kappa shape index (κ1) is 21.3. The van der Waals surface area contributed by atoms with Crippen LogP contribution in [0.3, 0.4) is 0 Å². The quantitative estimate of drug-likeness (QED) is 0.575. The lowest BCUT2D eigenvalue weighted by molar-refractivity contribution is -0.126. The minimum atomic E-state index is -0.0850. The number of hydrogen-bond acceptors (Lipinski definition) is 4. The van der Waals surface area contributed by atoms with Crippen LogP contribution in [0.25, 0.3) is 6.08 Å². The van der Waals surface area contributed by atoms with E-state index in [4.69, 9.17) is 11.6 Å². The largest absolute Gasteiger partial charge is 0.348 e. The molecule has 0 spiro atoms. The van der Waals surface area contributed by atoms with Crippen molar-refractivity contribution >= 4 is 40.8 Å². The molecule has 0 atom stereocenters. The molecule has 0 unspecified atom stereocenters. The van der Waals surface area contributed by atoms with E-state index in [2.05, 4.69) is 10.3 Å².